The molecule has 0 unspecified atom stereocenters. The van der Waals surface area contributed by atoms with Crippen LogP contribution in [-0.2, 0) is 8.85 Å². The number of ether oxygens (including phenoxy) is 1. The molecular formula is C28H38O5Si. The van der Waals surface area contributed by atoms with Crippen molar-refractivity contribution in [1.82, 2.24) is 0 Å². The molecule has 1 aromatic heterocycles. The average molecular weight is 483 g/mol. The van der Waals surface area contributed by atoms with E-state index >= 15 is 0 Å². The highest BCUT2D eigenvalue weighted by Gasteiger charge is 2.29. The van der Waals surface area contributed by atoms with Crippen LogP contribution in [-0.4, -0.2) is 28.4 Å². The second-order valence-corrected chi connectivity index (χ2v) is 12.1. The SMILES string of the molecule is CCO[Si](C)(CCCCCCCCOc1ccc2cc(-c3ccccc3)c(=O)oc2c1)OCC. The van der Waals surface area contributed by atoms with Crippen molar-refractivity contribution in [3.63, 3.8) is 0 Å². The first kappa shape index (κ1) is 26.2. The Morgan fingerprint density at radius 2 is 1.50 bits per heavy atom. The lowest BCUT2D eigenvalue weighted by Crippen LogP contribution is -2.38. The van der Waals surface area contributed by atoms with Gasteiger partial charge in [-0.3, -0.25) is 0 Å². The third-order valence-corrected chi connectivity index (χ3v) is 9.05. The van der Waals surface area contributed by atoms with Gasteiger partial charge >= 0.3 is 14.2 Å². The maximum atomic E-state index is 12.5. The average Bonchev–Trinajstić information content (AvgIpc) is 2.83. The Bertz CT molecular complexity index is 1060. The topological polar surface area (TPSA) is 57.9 Å². The summed E-state index contributed by atoms with van der Waals surface area (Å²) in [6.45, 7) is 8.40. The van der Waals surface area contributed by atoms with Gasteiger partial charge in [-0.2, -0.15) is 0 Å². The molecule has 0 atom stereocenters. The summed E-state index contributed by atoms with van der Waals surface area (Å²) in [7, 11) is -1.96. The van der Waals surface area contributed by atoms with E-state index < -0.39 is 8.56 Å². The third kappa shape index (κ3) is 7.83. The summed E-state index contributed by atoms with van der Waals surface area (Å²) < 4.78 is 23.3. The predicted octanol–water partition coefficient (Wildman–Crippen LogP) is 7.32. The van der Waals surface area contributed by atoms with Gasteiger partial charge in [0.05, 0.1) is 12.2 Å². The van der Waals surface area contributed by atoms with E-state index in [2.05, 4.69) is 6.55 Å². The van der Waals surface area contributed by atoms with Gasteiger partial charge in [-0.1, -0.05) is 62.4 Å². The smallest absolute Gasteiger partial charge is 0.344 e. The quantitative estimate of drug-likeness (QED) is 0.129. The zero-order valence-electron chi connectivity index (χ0n) is 20.8. The Hall–Kier alpha value is -2.41. The van der Waals surface area contributed by atoms with E-state index in [1.807, 2.05) is 68.4 Å². The fourth-order valence-electron chi connectivity index (χ4n) is 4.24. The van der Waals surface area contributed by atoms with E-state index in [0.717, 1.165) is 48.8 Å². The molecule has 0 fully saturated rings. The van der Waals surface area contributed by atoms with Crippen LogP contribution in [0, 0.1) is 0 Å². The molecule has 0 bridgehead atoms. The summed E-state index contributed by atoms with van der Waals surface area (Å²) in [6.07, 6.45) is 6.99. The first-order chi connectivity index (χ1) is 16.5. The maximum absolute atomic E-state index is 12.5. The Kier molecular flexibility index (Phi) is 10.4. The molecule has 5 nitrogen and oxygen atoms in total. The fraction of sp³-hybridized carbons (Fsp3) is 0.464. The van der Waals surface area contributed by atoms with Gasteiger partial charge in [-0.25, -0.2) is 4.79 Å². The molecule has 0 aliphatic heterocycles. The van der Waals surface area contributed by atoms with Crippen LogP contribution in [0.3, 0.4) is 0 Å². The molecular weight excluding hydrogens is 444 g/mol. The Labute approximate surface area is 204 Å². The molecule has 184 valence electrons. The van der Waals surface area contributed by atoms with E-state index in [-0.39, 0.29) is 5.63 Å². The highest BCUT2D eigenvalue weighted by molar-refractivity contribution is 6.66. The molecule has 0 aliphatic carbocycles. The number of rotatable bonds is 15. The predicted molar refractivity (Wildman–Crippen MR) is 141 cm³/mol. The molecule has 1 heterocycles. The molecule has 2 aromatic carbocycles. The van der Waals surface area contributed by atoms with Gasteiger partial charge in [0, 0.05) is 24.7 Å². The van der Waals surface area contributed by atoms with Crippen LogP contribution in [0.15, 0.2) is 63.8 Å². The third-order valence-electron chi connectivity index (χ3n) is 5.99. The van der Waals surface area contributed by atoms with Crippen LogP contribution in [0.1, 0.15) is 52.4 Å². The molecule has 0 amide bonds. The maximum Gasteiger partial charge on any atom is 0.344 e. The Balaban J connectivity index is 1.38. The number of fused-ring (bicyclic) bond motifs is 1. The molecule has 0 saturated heterocycles. The van der Waals surface area contributed by atoms with Gasteiger partial charge in [0.2, 0.25) is 0 Å². The molecule has 34 heavy (non-hydrogen) atoms. The lowest BCUT2D eigenvalue weighted by Gasteiger charge is -2.25. The van der Waals surface area contributed by atoms with Crippen LogP contribution < -0.4 is 10.4 Å². The highest BCUT2D eigenvalue weighted by atomic mass is 28.4. The first-order valence-electron chi connectivity index (χ1n) is 12.6. The van der Waals surface area contributed by atoms with Crippen molar-refractivity contribution < 1.29 is 18.0 Å². The van der Waals surface area contributed by atoms with Gasteiger partial charge in [0.15, 0.2) is 0 Å². The second kappa shape index (κ2) is 13.5. The second-order valence-electron chi connectivity index (χ2n) is 8.73. The van der Waals surface area contributed by atoms with Crippen molar-refractivity contribution in [2.75, 3.05) is 19.8 Å². The van der Waals surface area contributed by atoms with Crippen molar-refractivity contribution in [1.29, 1.82) is 0 Å². The minimum Gasteiger partial charge on any atom is -0.493 e. The lowest BCUT2D eigenvalue weighted by atomic mass is 10.1. The number of unbranched alkanes of at least 4 members (excludes halogenated alkanes) is 5. The van der Waals surface area contributed by atoms with Crippen LogP contribution in [0.25, 0.3) is 22.1 Å². The number of hydrogen-bond donors (Lipinski definition) is 0. The van der Waals surface area contributed by atoms with Crippen LogP contribution in [0.2, 0.25) is 12.6 Å². The fourth-order valence-corrected chi connectivity index (χ4v) is 6.73. The van der Waals surface area contributed by atoms with E-state index in [4.69, 9.17) is 18.0 Å². The standard InChI is InChI=1S/C28H38O5Si/c1-4-31-34(3,32-5-2)20-14-9-7-6-8-13-19-30-25-18-17-24-21-26(23-15-11-10-12-16-23)28(29)33-27(24)22-25/h10-12,15-18,21-22H,4-9,13-14,19-20H2,1-3H3. The van der Waals surface area contributed by atoms with Gasteiger partial charge in [0.1, 0.15) is 11.3 Å². The monoisotopic (exact) mass is 482 g/mol. The zero-order valence-corrected chi connectivity index (χ0v) is 21.8. The number of hydrogen-bond acceptors (Lipinski definition) is 5. The molecule has 0 aliphatic rings. The van der Waals surface area contributed by atoms with Crippen molar-refractivity contribution in [3.8, 4) is 16.9 Å². The summed E-state index contributed by atoms with van der Waals surface area (Å²) in [4.78, 5) is 12.5. The van der Waals surface area contributed by atoms with Crippen LogP contribution >= 0.6 is 0 Å². The van der Waals surface area contributed by atoms with Crippen LogP contribution in [0.5, 0.6) is 5.75 Å². The van der Waals surface area contributed by atoms with Gasteiger partial charge in [-0.15, -0.1) is 0 Å². The Morgan fingerprint density at radius 1 is 0.824 bits per heavy atom. The lowest BCUT2D eigenvalue weighted by molar-refractivity contribution is 0.188. The van der Waals surface area contributed by atoms with Crippen molar-refractivity contribution in [2.24, 2.45) is 0 Å². The minimum absolute atomic E-state index is 0.332. The molecule has 0 spiro atoms. The summed E-state index contributed by atoms with van der Waals surface area (Å²) in [5, 5.41) is 0.888. The molecule has 3 aromatic rings. The van der Waals surface area contributed by atoms with Crippen molar-refractivity contribution in [3.05, 3.63) is 65.0 Å². The van der Waals surface area contributed by atoms with E-state index in [1.165, 1.54) is 25.7 Å². The minimum atomic E-state index is -1.96. The van der Waals surface area contributed by atoms with E-state index in [1.54, 1.807) is 0 Å². The molecule has 0 radical (unpaired) electrons. The summed E-state index contributed by atoms with van der Waals surface area (Å²) in [5.74, 6) is 0.735. The van der Waals surface area contributed by atoms with E-state index in [9.17, 15) is 4.79 Å². The Morgan fingerprint density at radius 3 is 2.21 bits per heavy atom. The molecule has 0 saturated carbocycles. The van der Waals surface area contributed by atoms with Gasteiger partial charge < -0.3 is 18.0 Å². The number of benzene rings is 2. The molecule has 0 N–H and O–H groups in total. The highest BCUT2D eigenvalue weighted by Crippen LogP contribution is 2.25. The van der Waals surface area contributed by atoms with Crippen LogP contribution in [0.4, 0.5) is 0 Å². The van der Waals surface area contributed by atoms with Crippen molar-refractivity contribution in [2.45, 2.75) is 65.0 Å². The summed E-state index contributed by atoms with van der Waals surface area (Å²) in [6, 6.07) is 18.2. The largest absolute Gasteiger partial charge is 0.493 e. The zero-order chi connectivity index (χ0) is 24.2. The van der Waals surface area contributed by atoms with Gasteiger partial charge in [0.25, 0.3) is 0 Å². The summed E-state index contributed by atoms with van der Waals surface area (Å²) in [5.41, 5.74) is 1.65. The summed E-state index contributed by atoms with van der Waals surface area (Å²) >= 11 is 0. The first-order valence-corrected chi connectivity index (χ1v) is 15.1. The van der Waals surface area contributed by atoms with Crippen molar-refractivity contribution >= 4 is 19.5 Å². The normalized spacial score (nSPS) is 11.7. The van der Waals surface area contributed by atoms with Gasteiger partial charge in [-0.05, 0) is 56.6 Å². The molecule has 3 rings (SSSR count). The van der Waals surface area contributed by atoms with E-state index in [0.29, 0.717) is 17.8 Å². The molecule has 6 heteroatoms.